The van der Waals surface area contributed by atoms with Crippen LogP contribution in [0.5, 0.6) is 5.75 Å². The van der Waals surface area contributed by atoms with E-state index < -0.39 is 0 Å². The summed E-state index contributed by atoms with van der Waals surface area (Å²) < 4.78 is 13.0. The molecular formula is C20H26N4O3S. The van der Waals surface area contributed by atoms with Gasteiger partial charge in [0.25, 0.3) is 0 Å². The summed E-state index contributed by atoms with van der Waals surface area (Å²) in [7, 11) is 1.63. The van der Waals surface area contributed by atoms with Gasteiger partial charge in [0.1, 0.15) is 5.75 Å². The highest BCUT2D eigenvalue weighted by atomic mass is 32.2. The molecule has 1 aliphatic heterocycles. The van der Waals surface area contributed by atoms with Crippen LogP contribution in [0.15, 0.2) is 42.1 Å². The standard InChI is InChI=1S/C20H26N4O3S/c1-4-11-24-18(16-9-5-6-10-17(16)26-3)22-23-20(24)28-14(2)19(25)21-13-15-8-7-12-27-15/h4-6,9-10,14-15H,1,7-8,11-13H2,2-3H3,(H,21,25)/t14-,15-/m0/s1. The molecule has 1 N–H and O–H groups in total. The fraction of sp³-hybridized carbons (Fsp3) is 0.450. The van der Waals surface area contributed by atoms with Gasteiger partial charge in [0, 0.05) is 19.7 Å². The molecular weight excluding hydrogens is 376 g/mol. The predicted octanol–water partition coefficient (Wildman–Crippen LogP) is 2.92. The average molecular weight is 403 g/mol. The zero-order valence-electron chi connectivity index (χ0n) is 16.3. The van der Waals surface area contributed by atoms with Crippen molar-refractivity contribution >= 4 is 17.7 Å². The Balaban J connectivity index is 1.73. The fourth-order valence-corrected chi connectivity index (χ4v) is 3.96. The molecule has 2 atom stereocenters. The maximum Gasteiger partial charge on any atom is 0.233 e. The van der Waals surface area contributed by atoms with Gasteiger partial charge in [0.05, 0.1) is 24.0 Å². The molecule has 3 rings (SSSR count). The van der Waals surface area contributed by atoms with Crippen LogP contribution in [0.1, 0.15) is 19.8 Å². The van der Waals surface area contributed by atoms with E-state index in [0.29, 0.717) is 24.1 Å². The number of nitrogens with zero attached hydrogens (tertiary/aromatic N) is 3. The molecule has 28 heavy (non-hydrogen) atoms. The van der Waals surface area contributed by atoms with Crippen LogP contribution in [0.25, 0.3) is 11.4 Å². The van der Waals surface area contributed by atoms with Crippen molar-refractivity contribution in [2.45, 2.75) is 42.8 Å². The number of amides is 1. The molecule has 1 aromatic heterocycles. The molecule has 2 heterocycles. The van der Waals surface area contributed by atoms with Gasteiger partial charge >= 0.3 is 0 Å². The molecule has 0 aliphatic carbocycles. The molecule has 0 unspecified atom stereocenters. The Morgan fingerprint density at radius 3 is 3.04 bits per heavy atom. The number of para-hydroxylation sites is 1. The highest BCUT2D eigenvalue weighted by Gasteiger charge is 2.23. The van der Waals surface area contributed by atoms with Crippen LogP contribution in [-0.4, -0.2) is 52.3 Å². The summed E-state index contributed by atoms with van der Waals surface area (Å²) >= 11 is 1.38. The van der Waals surface area contributed by atoms with E-state index in [-0.39, 0.29) is 17.3 Å². The third-order valence-corrected chi connectivity index (χ3v) is 5.64. The molecule has 1 fully saturated rings. The largest absolute Gasteiger partial charge is 0.496 e. The van der Waals surface area contributed by atoms with Crippen LogP contribution < -0.4 is 10.1 Å². The van der Waals surface area contributed by atoms with Gasteiger partial charge in [-0.25, -0.2) is 0 Å². The number of thioether (sulfide) groups is 1. The predicted molar refractivity (Wildman–Crippen MR) is 110 cm³/mol. The first-order valence-corrected chi connectivity index (χ1v) is 10.3. The Kier molecular flexibility index (Phi) is 7.11. The molecule has 0 radical (unpaired) electrons. The van der Waals surface area contributed by atoms with Crippen molar-refractivity contribution in [1.82, 2.24) is 20.1 Å². The summed E-state index contributed by atoms with van der Waals surface area (Å²) in [6, 6.07) is 7.66. The van der Waals surface area contributed by atoms with Crippen molar-refractivity contribution in [3.8, 4) is 17.1 Å². The lowest BCUT2D eigenvalue weighted by Crippen LogP contribution is -2.36. The van der Waals surface area contributed by atoms with Crippen molar-refractivity contribution in [3.63, 3.8) is 0 Å². The molecule has 1 saturated heterocycles. The molecule has 0 saturated carbocycles. The molecule has 0 spiro atoms. The number of aromatic nitrogens is 3. The van der Waals surface area contributed by atoms with Crippen molar-refractivity contribution < 1.29 is 14.3 Å². The lowest BCUT2D eigenvalue weighted by molar-refractivity contribution is -0.120. The molecule has 1 aromatic carbocycles. The molecule has 1 amide bonds. The normalized spacial score (nSPS) is 17.3. The number of hydrogen-bond acceptors (Lipinski definition) is 6. The number of ether oxygens (including phenoxy) is 2. The second kappa shape index (κ2) is 9.75. The van der Waals surface area contributed by atoms with Crippen LogP contribution in [0.2, 0.25) is 0 Å². The zero-order chi connectivity index (χ0) is 19.9. The summed E-state index contributed by atoms with van der Waals surface area (Å²) in [6.45, 7) is 7.56. The summed E-state index contributed by atoms with van der Waals surface area (Å²) in [5.41, 5.74) is 0.849. The van der Waals surface area contributed by atoms with Gasteiger partial charge < -0.3 is 14.8 Å². The van der Waals surface area contributed by atoms with Crippen LogP contribution >= 0.6 is 11.8 Å². The maximum atomic E-state index is 12.5. The number of rotatable bonds is 9. The number of carbonyl (C=O) groups excluding carboxylic acids is 1. The van der Waals surface area contributed by atoms with E-state index in [0.717, 1.165) is 30.8 Å². The van der Waals surface area contributed by atoms with Crippen LogP contribution in [0, 0.1) is 0 Å². The van der Waals surface area contributed by atoms with Gasteiger partial charge in [-0.05, 0) is 31.9 Å². The topological polar surface area (TPSA) is 78.3 Å². The SMILES string of the molecule is C=CCn1c(S[C@@H](C)C(=O)NC[C@@H]2CCCO2)nnc1-c1ccccc1OC. The minimum Gasteiger partial charge on any atom is -0.496 e. The van der Waals surface area contributed by atoms with E-state index >= 15 is 0 Å². The summed E-state index contributed by atoms with van der Waals surface area (Å²) in [5, 5.41) is 12.0. The van der Waals surface area contributed by atoms with E-state index in [2.05, 4.69) is 22.1 Å². The third-order valence-electron chi connectivity index (χ3n) is 4.56. The third kappa shape index (κ3) is 4.74. The first kappa shape index (κ1) is 20.4. The average Bonchev–Trinajstić information content (AvgIpc) is 3.37. The Hall–Kier alpha value is -2.32. The Labute approximate surface area is 169 Å². The highest BCUT2D eigenvalue weighted by Crippen LogP contribution is 2.32. The number of hydrogen-bond donors (Lipinski definition) is 1. The molecule has 1 aliphatic rings. The summed E-state index contributed by atoms with van der Waals surface area (Å²) in [4.78, 5) is 12.5. The van der Waals surface area contributed by atoms with E-state index in [1.54, 1.807) is 13.2 Å². The molecule has 8 heteroatoms. The Morgan fingerprint density at radius 2 is 2.32 bits per heavy atom. The monoisotopic (exact) mass is 402 g/mol. The summed E-state index contributed by atoms with van der Waals surface area (Å²) in [6.07, 6.45) is 3.97. The van der Waals surface area contributed by atoms with Gasteiger partial charge in [-0.1, -0.05) is 30.0 Å². The minimum absolute atomic E-state index is 0.0347. The maximum absolute atomic E-state index is 12.5. The summed E-state index contributed by atoms with van der Waals surface area (Å²) in [5.74, 6) is 1.37. The van der Waals surface area contributed by atoms with Crippen LogP contribution in [0.4, 0.5) is 0 Å². The number of methoxy groups -OCH3 is 1. The molecule has 2 aromatic rings. The lowest BCUT2D eigenvalue weighted by Gasteiger charge is -2.15. The van der Waals surface area contributed by atoms with Gasteiger partial charge in [0.15, 0.2) is 11.0 Å². The van der Waals surface area contributed by atoms with Crippen molar-refractivity contribution in [1.29, 1.82) is 0 Å². The minimum atomic E-state index is -0.306. The lowest BCUT2D eigenvalue weighted by atomic mass is 10.2. The van der Waals surface area contributed by atoms with E-state index in [4.69, 9.17) is 9.47 Å². The van der Waals surface area contributed by atoms with E-state index in [1.165, 1.54) is 11.8 Å². The van der Waals surface area contributed by atoms with Crippen molar-refractivity contribution in [2.75, 3.05) is 20.3 Å². The Bertz CT molecular complexity index is 818. The van der Waals surface area contributed by atoms with Gasteiger partial charge in [0.2, 0.25) is 5.91 Å². The number of carbonyl (C=O) groups is 1. The van der Waals surface area contributed by atoms with Crippen LogP contribution in [0.3, 0.4) is 0 Å². The first-order valence-electron chi connectivity index (χ1n) is 9.37. The van der Waals surface area contributed by atoms with Crippen molar-refractivity contribution in [2.24, 2.45) is 0 Å². The first-order chi connectivity index (χ1) is 13.6. The van der Waals surface area contributed by atoms with Crippen LogP contribution in [-0.2, 0) is 16.1 Å². The van der Waals surface area contributed by atoms with Gasteiger partial charge in [-0.3, -0.25) is 9.36 Å². The quantitative estimate of drug-likeness (QED) is 0.513. The highest BCUT2D eigenvalue weighted by molar-refractivity contribution is 8.00. The van der Waals surface area contributed by atoms with Gasteiger partial charge in [-0.2, -0.15) is 0 Å². The van der Waals surface area contributed by atoms with Crippen molar-refractivity contribution in [3.05, 3.63) is 36.9 Å². The van der Waals surface area contributed by atoms with Gasteiger partial charge in [-0.15, -0.1) is 16.8 Å². The number of allylic oxidation sites excluding steroid dienone is 1. The molecule has 150 valence electrons. The smallest absolute Gasteiger partial charge is 0.233 e. The fourth-order valence-electron chi connectivity index (χ4n) is 3.07. The molecule has 0 bridgehead atoms. The van der Waals surface area contributed by atoms with E-state index in [9.17, 15) is 4.79 Å². The zero-order valence-corrected chi connectivity index (χ0v) is 17.1. The van der Waals surface area contributed by atoms with E-state index in [1.807, 2.05) is 35.8 Å². The second-order valence-corrected chi connectivity index (χ2v) is 7.85. The second-order valence-electron chi connectivity index (χ2n) is 6.55. The molecule has 7 nitrogen and oxygen atoms in total. The number of benzene rings is 1. The Morgan fingerprint density at radius 1 is 1.50 bits per heavy atom. The number of nitrogens with one attached hydrogen (secondary N) is 1.